The first kappa shape index (κ1) is 26.4. The Bertz CT molecular complexity index is 741. The van der Waals surface area contributed by atoms with Gasteiger partial charge < -0.3 is 18.3 Å². The Balaban J connectivity index is 2.49. The number of hydrogen-bond donors (Lipinski definition) is 0. The summed E-state index contributed by atoms with van der Waals surface area (Å²) in [6, 6.07) is 0. The van der Waals surface area contributed by atoms with E-state index in [2.05, 4.69) is 91.4 Å². The number of fused-ring (bicyclic) bond motifs is 1. The highest BCUT2D eigenvalue weighted by molar-refractivity contribution is 6.74. The van der Waals surface area contributed by atoms with Gasteiger partial charge in [0, 0.05) is 0 Å². The topological polar surface area (TPSA) is 36.9 Å². The van der Waals surface area contributed by atoms with E-state index in [4.69, 9.17) is 18.3 Å². The van der Waals surface area contributed by atoms with Crippen molar-refractivity contribution in [2.75, 3.05) is 0 Å². The van der Waals surface area contributed by atoms with E-state index >= 15 is 0 Å². The third kappa shape index (κ3) is 6.35. The van der Waals surface area contributed by atoms with Crippen molar-refractivity contribution < 1.29 is 18.3 Å². The number of rotatable bonds is 4. The first-order valence-electron chi connectivity index (χ1n) is 11.2. The maximum Gasteiger partial charge on any atom is 0.193 e. The van der Waals surface area contributed by atoms with Crippen LogP contribution >= 0.6 is 0 Å². The zero-order valence-corrected chi connectivity index (χ0v) is 23.6. The molecule has 0 N–H and O–H groups in total. The summed E-state index contributed by atoms with van der Waals surface area (Å²) in [4.78, 5) is 0. The summed E-state index contributed by atoms with van der Waals surface area (Å²) in [6.45, 7) is 26.2. The van der Waals surface area contributed by atoms with Crippen LogP contribution in [0.1, 0.15) is 55.4 Å². The number of hydrogen-bond acceptors (Lipinski definition) is 4. The molecule has 4 nitrogen and oxygen atoms in total. The van der Waals surface area contributed by atoms with Gasteiger partial charge in [-0.1, -0.05) is 65.2 Å². The van der Waals surface area contributed by atoms with Crippen molar-refractivity contribution in [1.29, 1.82) is 0 Å². The molecule has 2 aliphatic rings. The van der Waals surface area contributed by atoms with E-state index < -0.39 is 34.6 Å². The first-order valence-corrected chi connectivity index (χ1v) is 17.1. The molecule has 0 aromatic rings. The second-order valence-corrected chi connectivity index (χ2v) is 21.6. The van der Waals surface area contributed by atoms with E-state index in [-0.39, 0.29) is 22.3 Å². The highest BCUT2D eigenvalue weighted by atomic mass is 28.4. The minimum atomic E-state index is -2.10. The van der Waals surface area contributed by atoms with Gasteiger partial charge in [0.25, 0.3) is 0 Å². The fourth-order valence-corrected chi connectivity index (χ4v) is 5.34. The summed E-state index contributed by atoms with van der Waals surface area (Å²) < 4.78 is 26.3. The van der Waals surface area contributed by atoms with E-state index in [0.29, 0.717) is 0 Å². The van der Waals surface area contributed by atoms with Gasteiger partial charge in [-0.2, -0.15) is 0 Å². The summed E-state index contributed by atoms with van der Waals surface area (Å²) in [6.07, 6.45) is 1.96. The zero-order valence-electron chi connectivity index (χ0n) is 21.6. The quantitative estimate of drug-likeness (QED) is 0.387. The molecule has 0 amide bonds. The Morgan fingerprint density at radius 3 is 1.32 bits per heavy atom. The summed E-state index contributed by atoms with van der Waals surface area (Å²) >= 11 is 0. The average molecular weight is 463 g/mol. The molecule has 2 rings (SSSR count). The molecular weight excluding hydrogens is 420 g/mol. The van der Waals surface area contributed by atoms with Crippen LogP contribution in [-0.2, 0) is 18.3 Å². The molecule has 0 saturated carbocycles. The minimum absolute atomic E-state index is 0.0567. The fraction of sp³-hybridized carbons (Fsp3) is 0.760. The predicted octanol–water partition coefficient (Wildman–Crippen LogP) is 5.86. The molecule has 174 valence electrons. The monoisotopic (exact) mass is 462 g/mol. The van der Waals surface area contributed by atoms with E-state index in [1.165, 1.54) is 0 Å². The van der Waals surface area contributed by atoms with Gasteiger partial charge >= 0.3 is 0 Å². The maximum absolute atomic E-state index is 6.76. The molecule has 4 atom stereocenters. The smallest absolute Gasteiger partial charge is 0.193 e. The van der Waals surface area contributed by atoms with E-state index in [0.717, 1.165) is 0 Å². The van der Waals surface area contributed by atoms with Crippen LogP contribution in [0.4, 0.5) is 0 Å². The van der Waals surface area contributed by atoms with Crippen LogP contribution in [0, 0.1) is 23.7 Å². The van der Waals surface area contributed by atoms with Gasteiger partial charge in [0.05, 0.1) is 0 Å². The normalized spacial score (nSPS) is 29.8. The van der Waals surface area contributed by atoms with Crippen LogP contribution in [0.5, 0.6) is 0 Å². The van der Waals surface area contributed by atoms with Crippen molar-refractivity contribution in [3.8, 4) is 23.7 Å². The zero-order chi connectivity index (χ0) is 23.9. The Labute approximate surface area is 192 Å². The maximum atomic E-state index is 6.76. The third-order valence-corrected chi connectivity index (χ3v) is 15.8. The van der Waals surface area contributed by atoms with Crippen LogP contribution in [0.25, 0.3) is 0 Å². The predicted molar refractivity (Wildman–Crippen MR) is 133 cm³/mol. The van der Waals surface area contributed by atoms with Crippen LogP contribution < -0.4 is 0 Å². The summed E-state index contributed by atoms with van der Waals surface area (Å²) in [5.41, 5.74) is 0. The van der Waals surface area contributed by atoms with Gasteiger partial charge in [0.2, 0.25) is 0 Å². The minimum Gasteiger partial charge on any atom is -0.401 e. The van der Waals surface area contributed by atoms with Gasteiger partial charge in [-0.15, -0.1) is 0 Å². The van der Waals surface area contributed by atoms with Crippen molar-refractivity contribution in [3.05, 3.63) is 12.2 Å². The second-order valence-electron chi connectivity index (χ2n) is 12.1. The SMILES string of the molecule is CC1(C)O[C@H]2[C@H](O[Si](C)(C)C(C)(C)C)C#C/C=C\C#CC(O[Si](C)(C)C(C)(C)C)[C@@H]2O1. The van der Waals surface area contributed by atoms with Crippen LogP contribution in [0.15, 0.2) is 12.2 Å². The van der Waals surface area contributed by atoms with Gasteiger partial charge in [-0.25, -0.2) is 0 Å². The average Bonchev–Trinajstić information content (AvgIpc) is 2.88. The van der Waals surface area contributed by atoms with Gasteiger partial charge in [0.1, 0.15) is 24.4 Å². The van der Waals surface area contributed by atoms with E-state index in [1.54, 1.807) is 12.2 Å². The molecule has 1 saturated heterocycles. The lowest BCUT2D eigenvalue weighted by Gasteiger charge is -2.41. The fourth-order valence-electron chi connectivity index (χ4n) is 2.98. The van der Waals surface area contributed by atoms with Crippen LogP contribution in [0.3, 0.4) is 0 Å². The molecule has 0 aromatic heterocycles. The number of allylic oxidation sites excluding steroid dienone is 2. The molecule has 6 heteroatoms. The molecule has 1 heterocycles. The molecule has 1 unspecified atom stereocenters. The molecule has 31 heavy (non-hydrogen) atoms. The molecule has 0 bridgehead atoms. The standard InChI is InChI=1S/C25H42O4Si2/c1-23(2,3)30(9,10)28-19-17-15-13-14-16-18-20(29-31(11,12)24(4,5)6)22-21(19)26-25(7,8)27-22/h13-14,19-22H,1-12H3/b14-13-/t19-,20?,21+,22+/m1/s1. The van der Waals surface area contributed by atoms with Gasteiger partial charge in [-0.05, 0) is 62.3 Å². The van der Waals surface area contributed by atoms with Crippen LogP contribution in [-0.4, -0.2) is 46.8 Å². The summed E-state index contributed by atoms with van der Waals surface area (Å²) in [5, 5.41) is 0.113. The Kier molecular flexibility index (Phi) is 7.51. The molecular formula is C25H42O4Si2. The lowest BCUT2D eigenvalue weighted by atomic mass is 10.0. The molecule has 0 aromatic carbocycles. The molecule has 0 radical (unpaired) electrons. The highest BCUT2D eigenvalue weighted by Crippen LogP contribution is 2.42. The Hall–Kier alpha value is -0.866. The van der Waals surface area contributed by atoms with E-state index in [9.17, 15) is 0 Å². The van der Waals surface area contributed by atoms with Crippen molar-refractivity contribution in [3.63, 3.8) is 0 Å². The number of ether oxygens (including phenoxy) is 2. The third-order valence-electron chi connectivity index (χ3n) is 6.92. The molecule has 1 fully saturated rings. The van der Waals surface area contributed by atoms with Gasteiger partial charge in [0.15, 0.2) is 22.4 Å². The summed E-state index contributed by atoms with van der Waals surface area (Å²) in [5.74, 6) is 12.0. The van der Waals surface area contributed by atoms with Crippen molar-refractivity contribution in [2.45, 2.75) is 122 Å². The Morgan fingerprint density at radius 2 is 1.03 bits per heavy atom. The summed E-state index contributed by atoms with van der Waals surface area (Å²) in [7, 11) is -4.19. The highest BCUT2D eigenvalue weighted by Gasteiger charge is 2.53. The first-order chi connectivity index (χ1) is 13.9. The van der Waals surface area contributed by atoms with Crippen molar-refractivity contribution in [2.24, 2.45) is 0 Å². The van der Waals surface area contributed by atoms with Crippen LogP contribution in [0.2, 0.25) is 36.3 Å². The van der Waals surface area contributed by atoms with Crippen molar-refractivity contribution >= 4 is 16.6 Å². The molecule has 1 aliphatic carbocycles. The van der Waals surface area contributed by atoms with Crippen molar-refractivity contribution in [1.82, 2.24) is 0 Å². The molecule has 1 aliphatic heterocycles. The van der Waals surface area contributed by atoms with E-state index in [1.807, 2.05) is 13.8 Å². The molecule has 0 spiro atoms. The lowest BCUT2D eigenvalue weighted by Crippen LogP contribution is -2.53. The largest absolute Gasteiger partial charge is 0.401 e. The second kappa shape index (κ2) is 8.82. The van der Waals surface area contributed by atoms with Gasteiger partial charge in [-0.3, -0.25) is 0 Å². The Morgan fingerprint density at radius 1 is 0.710 bits per heavy atom. The lowest BCUT2D eigenvalue weighted by molar-refractivity contribution is -0.155.